The molecule has 4 aliphatic carbocycles. The first kappa shape index (κ1) is 19.8. The lowest BCUT2D eigenvalue weighted by molar-refractivity contribution is -0.200. The van der Waals surface area contributed by atoms with Crippen LogP contribution in [0.1, 0.15) is 59.8 Å². The molecule has 2 N–H and O–H groups in total. The van der Waals surface area contributed by atoms with Crippen molar-refractivity contribution in [1.82, 2.24) is 0 Å². The summed E-state index contributed by atoms with van der Waals surface area (Å²) in [5.41, 5.74) is -1.48. The first-order chi connectivity index (χ1) is 13.0. The zero-order valence-corrected chi connectivity index (χ0v) is 17.3. The smallest absolute Gasteiger partial charge is 0.338 e. The van der Waals surface area contributed by atoms with Crippen LogP contribution in [-0.4, -0.2) is 39.8 Å². The molecule has 0 aromatic rings. The van der Waals surface area contributed by atoms with E-state index >= 15 is 0 Å². The van der Waals surface area contributed by atoms with Gasteiger partial charge in [0.2, 0.25) is 0 Å². The zero-order valence-electron chi connectivity index (χ0n) is 17.3. The predicted octanol–water partition coefficient (Wildman–Crippen LogP) is 2.95. The lowest BCUT2D eigenvalue weighted by Gasteiger charge is -2.59. The van der Waals surface area contributed by atoms with Crippen molar-refractivity contribution < 1.29 is 24.5 Å². The highest BCUT2D eigenvalue weighted by Crippen LogP contribution is 2.67. The van der Waals surface area contributed by atoms with Crippen LogP contribution in [0.5, 0.6) is 0 Å². The molecule has 0 saturated heterocycles. The lowest BCUT2D eigenvalue weighted by Crippen LogP contribution is -2.61. The highest BCUT2D eigenvalue weighted by molar-refractivity contribution is 6.01. The first-order valence-electron chi connectivity index (χ1n) is 10.6. The predicted molar refractivity (Wildman–Crippen MR) is 104 cm³/mol. The van der Waals surface area contributed by atoms with Gasteiger partial charge in [-0.1, -0.05) is 25.5 Å². The summed E-state index contributed by atoms with van der Waals surface area (Å²) >= 11 is 0. The highest BCUT2D eigenvalue weighted by Gasteiger charge is 2.69. The number of hydrogen-bond acceptors (Lipinski definition) is 5. The van der Waals surface area contributed by atoms with E-state index in [0.717, 1.165) is 24.8 Å². The summed E-state index contributed by atoms with van der Waals surface area (Å²) in [5, 5.41) is 22.7. The third kappa shape index (κ3) is 2.51. The second-order valence-electron chi connectivity index (χ2n) is 10.1. The Morgan fingerprint density at radius 1 is 1.29 bits per heavy atom. The van der Waals surface area contributed by atoms with Gasteiger partial charge < -0.3 is 14.9 Å². The number of ketones is 1. The number of carbonyl (C=O) groups is 2. The Hall–Kier alpha value is -1.46. The Balaban J connectivity index is 1.70. The van der Waals surface area contributed by atoms with Crippen molar-refractivity contribution in [2.24, 2.45) is 28.6 Å². The number of fused-ring (bicyclic) bond motifs is 5. The molecule has 3 saturated carbocycles. The maximum atomic E-state index is 12.8. The van der Waals surface area contributed by atoms with Gasteiger partial charge in [0.05, 0.1) is 12.2 Å². The van der Waals surface area contributed by atoms with Gasteiger partial charge in [-0.05, 0) is 69.9 Å². The summed E-state index contributed by atoms with van der Waals surface area (Å²) in [6.45, 7) is 7.65. The molecule has 5 nitrogen and oxygen atoms in total. The maximum Gasteiger partial charge on any atom is 0.338 e. The molecule has 7 atom stereocenters. The van der Waals surface area contributed by atoms with E-state index in [1.807, 2.05) is 13.0 Å². The van der Waals surface area contributed by atoms with Crippen LogP contribution in [0.4, 0.5) is 0 Å². The van der Waals surface area contributed by atoms with Crippen molar-refractivity contribution in [3.8, 4) is 0 Å². The molecule has 0 aromatic carbocycles. The van der Waals surface area contributed by atoms with E-state index in [9.17, 15) is 19.8 Å². The van der Waals surface area contributed by atoms with E-state index in [0.29, 0.717) is 12.8 Å². The number of aliphatic hydroxyl groups is 2. The van der Waals surface area contributed by atoms with Gasteiger partial charge in [0, 0.05) is 16.7 Å². The highest BCUT2D eigenvalue weighted by atomic mass is 16.6. The Morgan fingerprint density at radius 3 is 2.68 bits per heavy atom. The normalized spacial score (nSPS) is 47.2. The van der Waals surface area contributed by atoms with Crippen molar-refractivity contribution in [3.05, 3.63) is 23.8 Å². The van der Waals surface area contributed by atoms with Crippen LogP contribution in [0, 0.1) is 28.6 Å². The molecule has 28 heavy (non-hydrogen) atoms. The van der Waals surface area contributed by atoms with Crippen molar-refractivity contribution in [2.75, 3.05) is 0 Å². The van der Waals surface area contributed by atoms with E-state index in [1.165, 1.54) is 0 Å². The number of rotatable bonds is 2. The second-order valence-corrected chi connectivity index (χ2v) is 10.1. The fourth-order valence-corrected chi connectivity index (χ4v) is 6.98. The molecule has 4 aliphatic rings. The summed E-state index contributed by atoms with van der Waals surface area (Å²) in [6.07, 6.45) is 7.60. The van der Waals surface area contributed by atoms with Crippen LogP contribution in [-0.2, 0) is 14.3 Å². The average Bonchev–Trinajstić information content (AvgIpc) is 2.87. The molecule has 0 bridgehead atoms. The molecular weight excluding hydrogens is 356 g/mol. The van der Waals surface area contributed by atoms with Gasteiger partial charge in [0.1, 0.15) is 0 Å². The Labute approximate surface area is 166 Å². The second kappa shape index (κ2) is 6.27. The van der Waals surface area contributed by atoms with Crippen LogP contribution >= 0.6 is 0 Å². The molecule has 0 amide bonds. The molecule has 3 fully saturated rings. The van der Waals surface area contributed by atoms with Crippen molar-refractivity contribution in [1.29, 1.82) is 0 Å². The minimum absolute atomic E-state index is 0.00149. The largest absolute Gasteiger partial charge is 0.461 e. The van der Waals surface area contributed by atoms with Crippen molar-refractivity contribution in [3.63, 3.8) is 0 Å². The molecule has 5 heteroatoms. The van der Waals surface area contributed by atoms with E-state index in [-0.39, 0.29) is 35.1 Å². The standard InChI is InChI=1S/C23H32O5/c1-13(2)28-20(26)23(27)10-8-17-16-6-5-14-11-15(24)7-9-21(14,3)19(16)18(25)12-22(17,23)4/h7,9,11,13,16-19,25,27H,5-6,8,10,12H2,1-4H3/t16?,17?,18?,19?,21-,22-,23-/m0/s1. The number of hydrogen-bond donors (Lipinski definition) is 2. The summed E-state index contributed by atoms with van der Waals surface area (Å²) in [7, 11) is 0. The number of aliphatic hydroxyl groups excluding tert-OH is 1. The number of esters is 1. The quantitative estimate of drug-likeness (QED) is 0.711. The number of allylic oxidation sites excluding steroid dienone is 4. The molecule has 4 rings (SSSR count). The van der Waals surface area contributed by atoms with Crippen LogP contribution in [0.25, 0.3) is 0 Å². The van der Waals surface area contributed by atoms with E-state index in [2.05, 4.69) is 6.92 Å². The summed E-state index contributed by atoms with van der Waals surface area (Å²) < 4.78 is 5.41. The van der Waals surface area contributed by atoms with E-state index in [4.69, 9.17) is 4.74 Å². The monoisotopic (exact) mass is 388 g/mol. The Bertz CT molecular complexity index is 767. The molecule has 154 valence electrons. The van der Waals surface area contributed by atoms with E-state index in [1.54, 1.807) is 26.0 Å². The third-order valence-electron chi connectivity index (χ3n) is 8.33. The van der Waals surface area contributed by atoms with Gasteiger partial charge in [-0.25, -0.2) is 4.79 Å². The van der Waals surface area contributed by atoms with Crippen molar-refractivity contribution in [2.45, 2.75) is 77.6 Å². The molecule has 0 heterocycles. The minimum atomic E-state index is -1.55. The number of carbonyl (C=O) groups excluding carboxylic acids is 2. The fraction of sp³-hybridized carbons (Fsp3) is 0.739. The minimum Gasteiger partial charge on any atom is -0.461 e. The van der Waals surface area contributed by atoms with Crippen LogP contribution < -0.4 is 0 Å². The van der Waals surface area contributed by atoms with Gasteiger partial charge in [0.15, 0.2) is 11.4 Å². The average molecular weight is 389 g/mol. The Kier molecular flexibility index (Phi) is 4.44. The fourth-order valence-electron chi connectivity index (χ4n) is 6.98. The molecule has 0 radical (unpaired) electrons. The molecular formula is C23H32O5. The third-order valence-corrected chi connectivity index (χ3v) is 8.33. The lowest BCUT2D eigenvalue weighted by atomic mass is 9.46. The van der Waals surface area contributed by atoms with E-state index < -0.39 is 23.1 Å². The van der Waals surface area contributed by atoms with Gasteiger partial charge >= 0.3 is 5.97 Å². The van der Waals surface area contributed by atoms with Crippen LogP contribution in [0.15, 0.2) is 23.8 Å². The van der Waals surface area contributed by atoms with Crippen LogP contribution in [0.2, 0.25) is 0 Å². The van der Waals surface area contributed by atoms with Crippen LogP contribution in [0.3, 0.4) is 0 Å². The van der Waals surface area contributed by atoms with Gasteiger partial charge in [-0.15, -0.1) is 0 Å². The number of ether oxygens (including phenoxy) is 1. The van der Waals surface area contributed by atoms with Crippen molar-refractivity contribution >= 4 is 11.8 Å². The summed E-state index contributed by atoms with van der Waals surface area (Å²) in [5.74, 6) is -0.181. The Morgan fingerprint density at radius 2 is 2.00 bits per heavy atom. The summed E-state index contributed by atoms with van der Waals surface area (Å²) in [4.78, 5) is 24.7. The molecule has 0 aromatic heterocycles. The molecule has 0 spiro atoms. The SMILES string of the molecule is CC(C)OC(=O)[C@@]1(O)CCC2C3CCC4=CC(=O)C=C[C@]4(C)C3C(O)C[C@@]21C. The maximum absolute atomic E-state index is 12.8. The van der Waals surface area contributed by atoms with Gasteiger partial charge in [-0.3, -0.25) is 4.79 Å². The van der Waals surface area contributed by atoms with Gasteiger partial charge in [-0.2, -0.15) is 0 Å². The molecule has 4 unspecified atom stereocenters. The first-order valence-corrected chi connectivity index (χ1v) is 10.6. The zero-order chi connectivity index (χ0) is 20.5. The summed E-state index contributed by atoms with van der Waals surface area (Å²) in [6, 6.07) is 0. The molecule has 0 aliphatic heterocycles. The topological polar surface area (TPSA) is 83.8 Å². The van der Waals surface area contributed by atoms with Gasteiger partial charge in [0.25, 0.3) is 0 Å².